The summed E-state index contributed by atoms with van der Waals surface area (Å²) in [4.78, 5) is 29.9. The fourth-order valence-electron chi connectivity index (χ4n) is 2.34. The fraction of sp³-hybridized carbons (Fsp3) is 0.857. The van der Waals surface area contributed by atoms with Crippen LogP contribution in [0.15, 0.2) is 0 Å². The van der Waals surface area contributed by atoms with Crippen molar-refractivity contribution in [1.29, 1.82) is 0 Å². The lowest BCUT2D eigenvalue weighted by Crippen LogP contribution is -2.52. The van der Waals surface area contributed by atoms with Gasteiger partial charge in [0.2, 0.25) is 0 Å². The molecule has 0 spiro atoms. The lowest BCUT2D eigenvalue weighted by atomic mass is 9.88. The SMILES string of the molecule is CON(C)C(=O)C1CC(C(F)(F)F)CN(C(=O)OC(C)(C)C)C1. The van der Waals surface area contributed by atoms with Crippen LogP contribution in [0.5, 0.6) is 0 Å². The van der Waals surface area contributed by atoms with Crippen LogP contribution in [0.25, 0.3) is 0 Å². The summed E-state index contributed by atoms with van der Waals surface area (Å²) in [5, 5.41) is 0.872. The highest BCUT2D eigenvalue weighted by atomic mass is 19.4. The summed E-state index contributed by atoms with van der Waals surface area (Å²) in [5.41, 5.74) is -0.828. The molecule has 2 atom stereocenters. The molecule has 134 valence electrons. The van der Waals surface area contributed by atoms with Crippen molar-refractivity contribution in [2.75, 3.05) is 27.2 Å². The summed E-state index contributed by atoms with van der Waals surface area (Å²) < 4.78 is 44.4. The molecule has 0 bridgehead atoms. The summed E-state index contributed by atoms with van der Waals surface area (Å²) in [6.07, 6.45) is -5.73. The van der Waals surface area contributed by atoms with Crippen molar-refractivity contribution in [2.24, 2.45) is 11.8 Å². The third-order valence-corrected chi connectivity index (χ3v) is 3.50. The van der Waals surface area contributed by atoms with Crippen molar-refractivity contribution in [2.45, 2.75) is 39.0 Å². The second kappa shape index (κ2) is 6.94. The first-order chi connectivity index (χ1) is 10.3. The molecule has 0 N–H and O–H groups in total. The molecule has 0 aromatic rings. The number of carbonyl (C=O) groups excluding carboxylic acids is 2. The minimum absolute atomic E-state index is 0.131. The first-order valence-electron chi connectivity index (χ1n) is 7.21. The number of rotatable bonds is 2. The van der Waals surface area contributed by atoms with Gasteiger partial charge < -0.3 is 9.64 Å². The van der Waals surface area contributed by atoms with Crippen LogP contribution in [-0.4, -0.2) is 61.0 Å². The molecule has 0 saturated carbocycles. The first kappa shape index (κ1) is 19.5. The van der Waals surface area contributed by atoms with E-state index in [1.807, 2.05) is 0 Å². The largest absolute Gasteiger partial charge is 0.444 e. The van der Waals surface area contributed by atoms with Gasteiger partial charge in [-0.25, -0.2) is 9.86 Å². The van der Waals surface area contributed by atoms with E-state index >= 15 is 0 Å². The van der Waals surface area contributed by atoms with Gasteiger partial charge in [-0.2, -0.15) is 13.2 Å². The molecule has 0 aromatic heterocycles. The Morgan fingerprint density at radius 1 is 1.17 bits per heavy atom. The van der Waals surface area contributed by atoms with E-state index in [0.717, 1.165) is 9.96 Å². The van der Waals surface area contributed by atoms with Crippen LogP contribution in [0.2, 0.25) is 0 Å². The van der Waals surface area contributed by atoms with Gasteiger partial charge in [-0.1, -0.05) is 0 Å². The van der Waals surface area contributed by atoms with Crippen molar-refractivity contribution >= 4 is 12.0 Å². The fourth-order valence-corrected chi connectivity index (χ4v) is 2.34. The number of hydrogen-bond donors (Lipinski definition) is 0. The highest BCUT2D eigenvalue weighted by Gasteiger charge is 2.48. The quantitative estimate of drug-likeness (QED) is 0.725. The van der Waals surface area contributed by atoms with E-state index in [1.165, 1.54) is 14.2 Å². The molecule has 6 nitrogen and oxygen atoms in total. The highest BCUT2D eigenvalue weighted by molar-refractivity contribution is 5.79. The number of hydroxylamine groups is 2. The van der Waals surface area contributed by atoms with Crippen molar-refractivity contribution in [1.82, 2.24) is 9.96 Å². The molecule has 0 radical (unpaired) electrons. The van der Waals surface area contributed by atoms with Crippen molar-refractivity contribution in [3.8, 4) is 0 Å². The van der Waals surface area contributed by atoms with Gasteiger partial charge in [0.05, 0.1) is 18.9 Å². The Morgan fingerprint density at radius 3 is 2.17 bits per heavy atom. The summed E-state index contributed by atoms with van der Waals surface area (Å²) in [6, 6.07) is 0. The molecule has 1 heterocycles. The molecule has 2 unspecified atom stereocenters. The van der Waals surface area contributed by atoms with E-state index in [4.69, 9.17) is 9.57 Å². The normalized spacial score (nSPS) is 22.7. The van der Waals surface area contributed by atoms with Gasteiger partial charge in [-0.3, -0.25) is 9.63 Å². The number of nitrogens with zero attached hydrogens (tertiary/aromatic N) is 2. The number of halogens is 3. The zero-order valence-electron chi connectivity index (χ0n) is 13.9. The van der Waals surface area contributed by atoms with Gasteiger partial charge in [0.15, 0.2) is 0 Å². The molecular formula is C14H23F3N2O4. The summed E-state index contributed by atoms with van der Waals surface area (Å²) >= 11 is 0. The second-order valence-corrected chi connectivity index (χ2v) is 6.57. The topological polar surface area (TPSA) is 59.1 Å². The zero-order valence-corrected chi connectivity index (χ0v) is 13.9. The van der Waals surface area contributed by atoms with Crippen LogP contribution in [0, 0.1) is 11.8 Å². The molecule has 1 fully saturated rings. The van der Waals surface area contributed by atoms with Crippen LogP contribution in [0.4, 0.5) is 18.0 Å². The Morgan fingerprint density at radius 2 is 1.74 bits per heavy atom. The zero-order chi connectivity index (χ0) is 18.0. The molecule has 1 rings (SSSR count). The van der Waals surface area contributed by atoms with Gasteiger partial charge >= 0.3 is 12.3 Å². The maximum Gasteiger partial charge on any atom is 0.410 e. The molecule has 1 saturated heterocycles. The van der Waals surface area contributed by atoms with Crippen LogP contribution in [0.1, 0.15) is 27.2 Å². The Balaban J connectivity index is 2.94. The van der Waals surface area contributed by atoms with E-state index in [2.05, 4.69) is 0 Å². The van der Waals surface area contributed by atoms with E-state index in [1.54, 1.807) is 20.8 Å². The Kier molecular flexibility index (Phi) is 5.89. The number of amides is 2. The Hall–Kier alpha value is -1.51. The number of ether oxygens (including phenoxy) is 1. The lowest BCUT2D eigenvalue weighted by molar-refractivity contribution is -0.198. The summed E-state index contributed by atoms with van der Waals surface area (Å²) in [6.45, 7) is 4.22. The number of piperidine rings is 1. The van der Waals surface area contributed by atoms with Crippen LogP contribution in [-0.2, 0) is 14.4 Å². The van der Waals surface area contributed by atoms with Gasteiger partial charge in [0.1, 0.15) is 5.60 Å². The minimum atomic E-state index is -4.50. The Labute approximate surface area is 133 Å². The highest BCUT2D eigenvalue weighted by Crippen LogP contribution is 2.36. The molecule has 23 heavy (non-hydrogen) atoms. The Bertz CT molecular complexity index is 448. The summed E-state index contributed by atoms with van der Waals surface area (Å²) in [5.74, 6) is -3.37. The average molecular weight is 340 g/mol. The smallest absolute Gasteiger partial charge is 0.410 e. The van der Waals surface area contributed by atoms with Crippen LogP contribution < -0.4 is 0 Å². The monoisotopic (exact) mass is 340 g/mol. The van der Waals surface area contributed by atoms with Crippen LogP contribution in [0.3, 0.4) is 0 Å². The maximum absolute atomic E-state index is 13.1. The standard InChI is InChI=1S/C14H23F3N2O4/c1-13(2,3)23-12(21)19-7-9(11(20)18(4)22-5)6-10(8-19)14(15,16)17/h9-10H,6-8H2,1-5H3. The maximum atomic E-state index is 13.1. The van der Waals surface area contributed by atoms with E-state index in [0.29, 0.717) is 0 Å². The third-order valence-electron chi connectivity index (χ3n) is 3.50. The average Bonchev–Trinajstić information content (AvgIpc) is 2.42. The molecular weight excluding hydrogens is 317 g/mol. The molecule has 1 aliphatic heterocycles. The van der Waals surface area contributed by atoms with Gasteiger partial charge in [0, 0.05) is 20.1 Å². The molecule has 1 aliphatic rings. The minimum Gasteiger partial charge on any atom is -0.444 e. The van der Waals surface area contributed by atoms with E-state index < -0.39 is 42.2 Å². The first-order valence-corrected chi connectivity index (χ1v) is 7.21. The number of hydrogen-bond acceptors (Lipinski definition) is 4. The lowest BCUT2D eigenvalue weighted by Gasteiger charge is -2.39. The molecule has 2 amide bonds. The molecule has 9 heteroatoms. The van der Waals surface area contributed by atoms with Gasteiger partial charge in [-0.05, 0) is 27.2 Å². The van der Waals surface area contributed by atoms with Crippen molar-refractivity contribution in [3.05, 3.63) is 0 Å². The third kappa shape index (κ3) is 5.56. The predicted molar refractivity (Wildman–Crippen MR) is 75.2 cm³/mol. The number of alkyl halides is 3. The predicted octanol–water partition coefficient (Wildman–Crippen LogP) is 2.44. The molecule has 0 aromatic carbocycles. The van der Waals surface area contributed by atoms with E-state index in [9.17, 15) is 22.8 Å². The second-order valence-electron chi connectivity index (χ2n) is 6.57. The molecule has 0 aliphatic carbocycles. The number of carbonyl (C=O) groups is 2. The number of likely N-dealkylation sites (tertiary alicyclic amines) is 1. The van der Waals surface area contributed by atoms with Crippen LogP contribution >= 0.6 is 0 Å². The van der Waals surface area contributed by atoms with E-state index in [-0.39, 0.29) is 13.0 Å². The van der Waals surface area contributed by atoms with Crippen molar-refractivity contribution in [3.63, 3.8) is 0 Å². The van der Waals surface area contributed by atoms with Gasteiger partial charge in [-0.15, -0.1) is 0 Å². The summed E-state index contributed by atoms with van der Waals surface area (Å²) in [7, 11) is 2.56. The van der Waals surface area contributed by atoms with Crippen molar-refractivity contribution < 1.29 is 32.3 Å². The van der Waals surface area contributed by atoms with Gasteiger partial charge in [0.25, 0.3) is 5.91 Å².